The Balaban J connectivity index is 1.81. The molecule has 1 aliphatic carbocycles. The van der Waals surface area contributed by atoms with E-state index in [0.29, 0.717) is 28.8 Å². The van der Waals surface area contributed by atoms with Crippen molar-refractivity contribution in [2.24, 2.45) is 11.3 Å². The number of anilines is 1. The van der Waals surface area contributed by atoms with Crippen molar-refractivity contribution in [2.45, 2.75) is 73.1 Å². The number of amides is 1. The van der Waals surface area contributed by atoms with Gasteiger partial charge in [-0.05, 0) is 66.7 Å². The fourth-order valence-corrected chi connectivity index (χ4v) is 6.05. The number of carbonyl (C=O) groups is 2. The van der Waals surface area contributed by atoms with Crippen molar-refractivity contribution in [2.75, 3.05) is 18.5 Å². The van der Waals surface area contributed by atoms with Crippen LogP contribution >= 0.6 is 27.3 Å². The summed E-state index contributed by atoms with van der Waals surface area (Å²) in [4.78, 5) is 26.9. The zero-order valence-corrected chi connectivity index (χ0v) is 23.7. The number of carbonyl (C=O) groups excluding carboxylic acids is 2. The Morgan fingerprint density at radius 1 is 1.18 bits per heavy atom. The highest BCUT2D eigenvalue weighted by atomic mass is 79.9. The second-order valence-electron chi connectivity index (χ2n) is 11.0. The monoisotopic (exact) mass is 549 g/mol. The van der Waals surface area contributed by atoms with E-state index in [0.717, 1.165) is 34.9 Å². The molecule has 186 valence electrons. The highest BCUT2D eigenvalue weighted by Gasteiger charge is 2.34. The summed E-state index contributed by atoms with van der Waals surface area (Å²) in [6.07, 6.45) is 2.76. The minimum Gasteiger partial charge on any atom is -0.483 e. The first kappa shape index (κ1) is 26.7. The number of nitrogens with one attached hydrogen (secondary N) is 1. The van der Waals surface area contributed by atoms with Crippen LogP contribution in [0, 0.1) is 11.3 Å². The highest BCUT2D eigenvalue weighted by Crippen LogP contribution is 2.44. The third-order valence-corrected chi connectivity index (χ3v) is 7.99. The number of hydrogen-bond donors (Lipinski definition) is 1. The van der Waals surface area contributed by atoms with Crippen LogP contribution in [0.15, 0.2) is 22.7 Å². The second-order valence-corrected chi connectivity index (χ2v) is 13.0. The van der Waals surface area contributed by atoms with Crippen LogP contribution in [0.25, 0.3) is 0 Å². The van der Waals surface area contributed by atoms with Gasteiger partial charge in [0.05, 0.1) is 12.2 Å². The zero-order valence-electron chi connectivity index (χ0n) is 21.3. The Morgan fingerprint density at radius 3 is 2.50 bits per heavy atom. The fraction of sp³-hybridized carbons (Fsp3) is 0.556. The molecular formula is C27H36BrNO4S. The van der Waals surface area contributed by atoms with Crippen molar-refractivity contribution < 1.29 is 19.1 Å². The Labute approximate surface area is 215 Å². The second kappa shape index (κ2) is 10.4. The summed E-state index contributed by atoms with van der Waals surface area (Å²) >= 11 is 5.01. The van der Waals surface area contributed by atoms with E-state index >= 15 is 0 Å². The molecule has 0 aliphatic heterocycles. The summed E-state index contributed by atoms with van der Waals surface area (Å²) in [5.41, 5.74) is 2.62. The SMILES string of the molecule is CCOC(=O)c1c(NC(=O)COc2ccc(Br)cc2C(C)(C)C)sc2c1CCC(C(C)(C)C)C2. The van der Waals surface area contributed by atoms with E-state index in [4.69, 9.17) is 9.47 Å². The van der Waals surface area contributed by atoms with Gasteiger partial charge in [0.2, 0.25) is 0 Å². The lowest BCUT2D eigenvalue weighted by Crippen LogP contribution is -2.26. The van der Waals surface area contributed by atoms with Gasteiger partial charge < -0.3 is 14.8 Å². The molecule has 34 heavy (non-hydrogen) atoms. The quantitative estimate of drug-likeness (QED) is 0.388. The first-order valence-corrected chi connectivity index (χ1v) is 13.5. The van der Waals surface area contributed by atoms with Crippen molar-refractivity contribution >= 4 is 44.1 Å². The average molecular weight is 551 g/mol. The number of hydrogen-bond acceptors (Lipinski definition) is 5. The largest absolute Gasteiger partial charge is 0.483 e. The minimum absolute atomic E-state index is 0.136. The van der Waals surface area contributed by atoms with Crippen LogP contribution in [0.5, 0.6) is 5.75 Å². The Hall–Kier alpha value is -1.86. The predicted octanol–water partition coefficient (Wildman–Crippen LogP) is 7.15. The van der Waals surface area contributed by atoms with E-state index < -0.39 is 0 Å². The summed E-state index contributed by atoms with van der Waals surface area (Å²) in [6.45, 7) is 15.0. The molecule has 1 aliphatic rings. The van der Waals surface area contributed by atoms with Crippen molar-refractivity contribution in [1.82, 2.24) is 0 Å². The van der Waals surface area contributed by atoms with Crippen molar-refractivity contribution in [1.29, 1.82) is 0 Å². The molecule has 1 atom stereocenters. The van der Waals surface area contributed by atoms with Crippen molar-refractivity contribution in [3.05, 3.63) is 44.2 Å². The van der Waals surface area contributed by atoms with E-state index in [9.17, 15) is 9.59 Å². The summed E-state index contributed by atoms with van der Waals surface area (Å²) < 4.78 is 12.2. The lowest BCUT2D eigenvalue weighted by atomic mass is 9.72. The maximum Gasteiger partial charge on any atom is 0.341 e. The number of ether oxygens (including phenoxy) is 2. The van der Waals surface area contributed by atoms with Gasteiger partial charge in [-0.25, -0.2) is 4.79 Å². The molecule has 0 fully saturated rings. The number of esters is 1. The molecule has 1 aromatic carbocycles. The Bertz CT molecular complexity index is 1060. The molecule has 0 saturated carbocycles. The van der Waals surface area contributed by atoms with Crippen LogP contribution in [0.4, 0.5) is 5.00 Å². The smallest absolute Gasteiger partial charge is 0.341 e. The summed E-state index contributed by atoms with van der Waals surface area (Å²) in [5.74, 6) is 0.552. The van der Waals surface area contributed by atoms with Gasteiger partial charge in [0.1, 0.15) is 10.8 Å². The predicted molar refractivity (Wildman–Crippen MR) is 142 cm³/mol. The van der Waals surface area contributed by atoms with E-state index in [1.807, 2.05) is 18.2 Å². The molecule has 1 heterocycles. The molecule has 1 aromatic heterocycles. The van der Waals surface area contributed by atoms with Gasteiger partial charge in [0.25, 0.3) is 5.91 Å². The highest BCUT2D eigenvalue weighted by molar-refractivity contribution is 9.10. The average Bonchev–Trinajstić information content (AvgIpc) is 3.08. The molecule has 1 amide bonds. The molecule has 0 radical (unpaired) electrons. The topological polar surface area (TPSA) is 64.6 Å². The van der Waals surface area contributed by atoms with Gasteiger partial charge in [0, 0.05) is 14.9 Å². The maximum atomic E-state index is 12.9. The number of thiophene rings is 1. The number of halogens is 1. The number of benzene rings is 1. The van der Waals surface area contributed by atoms with Crippen LogP contribution in [0.3, 0.4) is 0 Å². The lowest BCUT2D eigenvalue weighted by Gasteiger charge is -2.33. The summed E-state index contributed by atoms with van der Waals surface area (Å²) in [7, 11) is 0. The molecule has 7 heteroatoms. The molecule has 3 rings (SSSR count). The van der Waals surface area contributed by atoms with Gasteiger partial charge in [-0.2, -0.15) is 0 Å². The maximum absolute atomic E-state index is 12.9. The molecule has 1 unspecified atom stereocenters. The van der Waals surface area contributed by atoms with E-state index in [2.05, 4.69) is 62.8 Å². The van der Waals surface area contributed by atoms with Gasteiger partial charge in [-0.15, -0.1) is 11.3 Å². The molecule has 0 spiro atoms. The fourth-order valence-electron chi connectivity index (χ4n) is 4.35. The van der Waals surface area contributed by atoms with E-state index in [1.54, 1.807) is 6.92 Å². The first-order valence-electron chi connectivity index (χ1n) is 11.9. The van der Waals surface area contributed by atoms with Crippen molar-refractivity contribution in [3.8, 4) is 5.75 Å². The first-order chi connectivity index (χ1) is 15.8. The molecular weight excluding hydrogens is 514 g/mol. The van der Waals surface area contributed by atoms with Crippen LogP contribution in [0.2, 0.25) is 0 Å². The number of fused-ring (bicyclic) bond motifs is 1. The standard InChI is InChI=1S/C27H36BrNO4S/c1-8-32-25(31)23-18-11-9-16(26(2,3)4)13-21(18)34-24(23)29-22(30)15-33-20-12-10-17(28)14-19(20)27(5,6)7/h10,12,14,16H,8-9,11,13,15H2,1-7H3,(H,29,30). The van der Waals surface area contributed by atoms with Crippen molar-refractivity contribution in [3.63, 3.8) is 0 Å². The molecule has 2 aromatic rings. The Morgan fingerprint density at radius 2 is 1.88 bits per heavy atom. The molecule has 5 nitrogen and oxygen atoms in total. The van der Waals surface area contributed by atoms with E-state index in [1.165, 1.54) is 16.2 Å². The Kier molecular flexibility index (Phi) is 8.18. The third-order valence-electron chi connectivity index (χ3n) is 6.33. The van der Waals surface area contributed by atoms with E-state index in [-0.39, 0.29) is 29.3 Å². The lowest BCUT2D eigenvalue weighted by molar-refractivity contribution is -0.118. The third kappa shape index (κ3) is 6.22. The minimum atomic E-state index is -0.367. The normalized spacial score (nSPS) is 16.1. The van der Waals surface area contributed by atoms with Gasteiger partial charge in [-0.1, -0.05) is 57.5 Å². The molecule has 0 bridgehead atoms. The summed E-state index contributed by atoms with van der Waals surface area (Å²) in [5, 5.41) is 3.51. The van der Waals surface area contributed by atoms with Crippen LogP contribution in [-0.2, 0) is 27.8 Å². The number of rotatable bonds is 6. The summed E-state index contributed by atoms with van der Waals surface area (Å²) in [6, 6.07) is 5.80. The van der Waals surface area contributed by atoms with Crippen LogP contribution < -0.4 is 10.1 Å². The van der Waals surface area contributed by atoms with Gasteiger partial charge in [-0.3, -0.25) is 4.79 Å². The molecule has 1 N–H and O–H groups in total. The van der Waals surface area contributed by atoms with Gasteiger partial charge >= 0.3 is 5.97 Å². The van der Waals surface area contributed by atoms with Crippen LogP contribution in [0.1, 0.15) is 81.2 Å². The molecule has 0 saturated heterocycles. The van der Waals surface area contributed by atoms with Gasteiger partial charge in [0.15, 0.2) is 6.61 Å². The van der Waals surface area contributed by atoms with Crippen LogP contribution in [-0.4, -0.2) is 25.1 Å². The zero-order chi connectivity index (χ0) is 25.3.